The Kier molecular flexibility index (Phi) is 6.21. The van der Waals surface area contributed by atoms with Gasteiger partial charge in [0.25, 0.3) is 0 Å². The van der Waals surface area contributed by atoms with Crippen molar-refractivity contribution in [2.75, 3.05) is 33.3 Å². The van der Waals surface area contributed by atoms with Crippen molar-refractivity contribution < 1.29 is 14.3 Å². The molecule has 1 unspecified atom stereocenters. The minimum absolute atomic E-state index is 0.0408. The van der Waals surface area contributed by atoms with E-state index in [1.165, 1.54) is 24.0 Å². The smallest absolute Gasteiger partial charge is 0.220 e. The van der Waals surface area contributed by atoms with Crippen molar-refractivity contribution in [1.29, 1.82) is 0 Å². The Labute approximate surface area is 149 Å². The lowest BCUT2D eigenvalue weighted by atomic mass is 9.89. The van der Waals surface area contributed by atoms with Crippen molar-refractivity contribution in [3.8, 4) is 0 Å². The molecule has 5 nitrogen and oxygen atoms in total. The number of ketones is 1. The van der Waals surface area contributed by atoms with E-state index in [4.69, 9.17) is 4.74 Å². The normalized spacial score (nSPS) is 20.8. The highest BCUT2D eigenvalue weighted by molar-refractivity contribution is 5.98. The zero-order valence-corrected chi connectivity index (χ0v) is 15.1. The molecule has 1 aromatic carbocycles. The minimum atomic E-state index is -0.0804. The number of likely N-dealkylation sites (N-methyl/N-ethyl adjacent to an activating group) is 1. The van der Waals surface area contributed by atoms with Crippen LogP contribution >= 0.6 is 0 Å². The number of Topliss-reactive ketones (excluding diaryl/α,β-unsaturated/α-hetero) is 1. The molecule has 5 heteroatoms. The average molecular weight is 344 g/mol. The lowest BCUT2D eigenvalue weighted by molar-refractivity contribution is -0.122. The number of fused-ring (bicyclic) bond motifs is 1. The minimum Gasteiger partial charge on any atom is -0.374 e. The van der Waals surface area contributed by atoms with E-state index in [9.17, 15) is 9.59 Å². The summed E-state index contributed by atoms with van der Waals surface area (Å²) < 4.78 is 5.62. The number of rotatable bonds is 6. The predicted octanol–water partition coefficient (Wildman–Crippen LogP) is 1.98. The molecule has 0 aromatic heterocycles. The molecule has 1 aliphatic carbocycles. The van der Waals surface area contributed by atoms with Gasteiger partial charge in [0.15, 0.2) is 5.78 Å². The molecule has 0 bridgehead atoms. The van der Waals surface area contributed by atoms with Crippen molar-refractivity contribution in [3.63, 3.8) is 0 Å². The molecule has 1 fully saturated rings. The number of nitrogens with zero attached hydrogens (tertiary/aromatic N) is 1. The van der Waals surface area contributed by atoms with Crippen LogP contribution in [0.4, 0.5) is 0 Å². The van der Waals surface area contributed by atoms with Crippen LogP contribution in [0.25, 0.3) is 0 Å². The van der Waals surface area contributed by atoms with Crippen LogP contribution in [0.5, 0.6) is 0 Å². The van der Waals surface area contributed by atoms with Crippen LogP contribution in [0.3, 0.4) is 0 Å². The summed E-state index contributed by atoms with van der Waals surface area (Å²) in [4.78, 5) is 26.6. The Balaban J connectivity index is 1.43. The molecular formula is C20H28N2O3. The topological polar surface area (TPSA) is 58.6 Å². The molecule has 0 spiro atoms. The molecule has 1 amide bonds. The number of carbonyl (C=O) groups is 2. The molecule has 136 valence electrons. The summed E-state index contributed by atoms with van der Waals surface area (Å²) in [5, 5.41) is 2.89. The van der Waals surface area contributed by atoms with Gasteiger partial charge in [0.05, 0.1) is 12.7 Å². The van der Waals surface area contributed by atoms with Crippen LogP contribution < -0.4 is 5.32 Å². The highest BCUT2D eigenvalue weighted by atomic mass is 16.5. The third-order valence-corrected chi connectivity index (χ3v) is 5.12. The zero-order valence-electron chi connectivity index (χ0n) is 15.1. The SMILES string of the molecule is CN1CCOC(CNC(=O)CCC(=O)c2ccc3c(c2)CCCC3)C1. The number of carbonyl (C=O) groups excluding carboxylic acids is 2. The number of nitrogens with one attached hydrogen (secondary N) is 1. The van der Waals surface area contributed by atoms with E-state index in [0.29, 0.717) is 13.2 Å². The fourth-order valence-corrected chi connectivity index (χ4v) is 3.58. The summed E-state index contributed by atoms with van der Waals surface area (Å²) in [6.07, 6.45) is 5.15. The zero-order chi connectivity index (χ0) is 17.6. The summed E-state index contributed by atoms with van der Waals surface area (Å²) in [5.74, 6) is -0.0275. The van der Waals surface area contributed by atoms with E-state index in [1.54, 1.807) is 0 Å². The van der Waals surface area contributed by atoms with Gasteiger partial charge in [0.1, 0.15) is 0 Å². The summed E-state index contributed by atoms with van der Waals surface area (Å²) in [6.45, 7) is 2.97. The summed E-state index contributed by atoms with van der Waals surface area (Å²) in [7, 11) is 2.05. The Morgan fingerprint density at radius 3 is 2.80 bits per heavy atom. The third kappa shape index (κ3) is 5.13. The predicted molar refractivity (Wildman–Crippen MR) is 96.9 cm³/mol. The number of hydrogen-bond acceptors (Lipinski definition) is 4. The molecule has 0 radical (unpaired) electrons. The lowest BCUT2D eigenvalue weighted by Gasteiger charge is -2.30. The Morgan fingerprint density at radius 1 is 1.20 bits per heavy atom. The van der Waals surface area contributed by atoms with Crippen molar-refractivity contribution >= 4 is 11.7 Å². The first-order valence-corrected chi connectivity index (χ1v) is 9.33. The largest absolute Gasteiger partial charge is 0.374 e. The first-order chi connectivity index (χ1) is 12.1. The quantitative estimate of drug-likeness (QED) is 0.802. The van der Waals surface area contributed by atoms with E-state index < -0.39 is 0 Å². The maximum Gasteiger partial charge on any atom is 0.220 e. The number of hydrogen-bond donors (Lipinski definition) is 1. The second kappa shape index (κ2) is 8.59. The average Bonchev–Trinajstić information content (AvgIpc) is 2.64. The maximum atomic E-state index is 12.4. The molecule has 0 saturated carbocycles. The molecule has 25 heavy (non-hydrogen) atoms. The van der Waals surface area contributed by atoms with Crippen molar-refractivity contribution in [2.24, 2.45) is 0 Å². The molecule has 1 aromatic rings. The fraction of sp³-hybridized carbons (Fsp3) is 0.600. The number of aryl methyl sites for hydroxylation is 2. The van der Waals surface area contributed by atoms with Gasteiger partial charge in [-0.15, -0.1) is 0 Å². The van der Waals surface area contributed by atoms with Crippen molar-refractivity contribution in [2.45, 2.75) is 44.6 Å². The molecule has 1 aliphatic heterocycles. The lowest BCUT2D eigenvalue weighted by Crippen LogP contribution is -2.45. The molecule has 1 saturated heterocycles. The van der Waals surface area contributed by atoms with Crippen LogP contribution in [-0.4, -0.2) is 56.0 Å². The highest BCUT2D eigenvalue weighted by Gasteiger charge is 2.19. The van der Waals surface area contributed by atoms with Crippen molar-refractivity contribution in [1.82, 2.24) is 10.2 Å². The van der Waals surface area contributed by atoms with Crippen LogP contribution in [0.1, 0.15) is 47.2 Å². The Bertz CT molecular complexity index is 629. The number of benzene rings is 1. The van der Waals surface area contributed by atoms with E-state index in [2.05, 4.69) is 23.3 Å². The third-order valence-electron chi connectivity index (χ3n) is 5.12. The van der Waals surface area contributed by atoms with Gasteiger partial charge in [-0.05, 0) is 49.9 Å². The number of amides is 1. The first kappa shape index (κ1) is 18.1. The second-order valence-electron chi connectivity index (χ2n) is 7.17. The Hall–Kier alpha value is -1.72. The molecule has 3 rings (SSSR count). The molecule has 1 atom stereocenters. The van der Waals surface area contributed by atoms with Gasteiger partial charge in [-0.2, -0.15) is 0 Å². The molecule has 2 aliphatic rings. The van der Waals surface area contributed by atoms with E-state index in [1.807, 2.05) is 12.1 Å². The monoisotopic (exact) mass is 344 g/mol. The summed E-state index contributed by atoms with van der Waals surface area (Å²) >= 11 is 0. The van der Waals surface area contributed by atoms with Gasteiger partial charge in [-0.3, -0.25) is 9.59 Å². The molecule has 1 N–H and O–H groups in total. The highest BCUT2D eigenvalue weighted by Crippen LogP contribution is 2.22. The van der Waals surface area contributed by atoms with Crippen LogP contribution in [-0.2, 0) is 22.4 Å². The van der Waals surface area contributed by atoms with Crippen LogP contribution in [0.2, 0.25) is 0 Å². The van der Waals surface area contributed by atoms with Gasteiger partial charge < -0.3 is 15.0 Å². The van der Waals surface area contributed by atoms with Gasteiger partial charge in [-0.25, -0.2) is 0 Å². The van der Waals surface area contributed by atoms with Crippen LogP contribution in [0.15, 0.2) is 18.2 Å². The Morgan fingerprint density at radius 2 is 2.00 bits per heavy atom. The molecular weight excluding hydrogens is 316 g/mol. The van der Waals surface area contributed by atoms with E-state index >= 15 is 0 Å². The standard InChI is InChI=1S/C20H28N2O3/c1-22-10-11-25-18(14-22)13-21-20(24)9-8-19(23)17-7-6-15-4-2-3-5-16(15)12-17/h6-7,12,18H,2-5,8-11,13-14H2,1H3,(H,21,24). The van der Waals surface area contributed by atoms with Gasteiger partial charge >= 0.3 is 0 Å². The van der Waals surface area contributed by atoms with Gasteiger partial charge in [0, 0.05) is 38.0 Å². The first-order valence-electron chi connectivity index (χ1n) is 9.33. The fourth-order valence-electron chi connectivity index (χ4n) is 3.58. The summed E-state index contributed by atoms with van der Waals surface area (Å²) in [5.41, 5.74) is 3.42. The van der Waals surface area contributed by atoms with Gasteiger partial charge in [-0.1, -0.05) is 12.1 Å². The molecule has 1 heterocycles. The van der Waals surface area contributed by atoms with Crippen LogP contribution in [0, 0.1) is 0 Å². The second-order valence-corrected chi connectivity index (χ2v) is 7.17. The summed E-state index contributed by atoms with van der Waals surface area (Å²) in [6, 6.07) is 6.02. The number of ether oxygens (including phenoxy) is 1. The van der Waals surface area contributed by atoms with Crippen molar-refractivity contribution in [3.05, 3.63) is 34.9 Å². The van der Waals surface area contributed by atoms with E-state index in [0.717, 1.165) is 31.5 Å². The maximum absolute atomic E-state index is 12.4. The van der Waals surface area contributed by atoms with Gasteiger partial charge in [0.2, 0.25) is 5.91 Å². The van der Waals surface area contributed by atoms with E-state index in [-0.39, 0.29) is 30.6 Å². The number of morpholine rings is 1.